The van der Waals surface area contributed by atoms with Gasteiger partial charge >= 0.3 is 6.36 Å². The van der Waals surface area contributed by atoms with Crippen LogP contribution in [-0.2, 0) is 0 Å². The second kappa shape index (κ2) is 4.40. The predicted octanol–water partition coefficient (Wildman–Crippen LogP) is 2.37. The van der Waals surface area contributed by atoms with Crippen molar-refractivity contribution in [2.24, 2.45) is 0 Å². The fraction of sp³-hybridized carbons (Fsp3) is 0.250. The second-order valence-electron chi connectivity index (χ2n) is 2.77. The SMILES string of the molecule is N#Cc1c(C(F)F)cnc(OC(F)(F)F)c1N. The normalized spacial score (nSPS) is 11.4. The molecule has 0 unspecified atom stereocenters. The van der Waals surface area contributed by atoms with E-state index in [9.17, 15) is 22.0 Å². The molecule has 0 spiro atoms. The quantitative estimate of drug-likeness (QED) is 0.821. The third-order valence-corrected chi connectivity index (χ3v) is 1.67. The average molecular weight is 253 g/mol. The lowest BCUT2D eigenvalue weighted by Crippen LogP contribution is -2.19. The highest BCUT2D eigenvalue weighted by molar-refractivity contribution is 5.63. The number of hydrogen-bond donors (Lipinski definition) is 1. The second-order valence-corrected chi connectivity index (χ2v) is 2.77. The zero-order valence-corrected chi connectivity index (χ0v) is 7.92. The predicted molar refractivity (Wildman–Crippen MR) is 45.0 cm³/mol. The van der Waals surface area contributed by atoms with Gasteiger partial charge < -0.3 is 10.5 Å². The van der Waals surface area contributed by atoms with E-state index < -0.39 is 35.5 Å². The van der Waals surface area contributed by atoms with Crippen molar-refractivity contribution in [3.05, 3.63) is 17.3 Å². The molecule has 1 rings (SSSR count). The average Bonchev–Trinajstić information content (AvgIpc) is 2.18. The molecule has 2 N–H and O–H groups in total. The van der Waals surface area contributed by atoms with E-state index in [1.807, 2.05) is 0 Å². The third-order valence-electron chi connectivity index (χ3n) is 1.67. The molecule has 17 heavy (non-hydrogen) atoms. The maximum absolute atomic E-state index is 12.4. The third kappa shape index (κ3) is 2.93. The number of anilines is 1. The molecule has 1 heterocycles. The molecule has 0 atom stereocenters. The summed E-state index contributed by atoms with van der Waals surface area (Å²) in [5.41, 5.74) is 2.59. The molecule has 0 aromatic carbocycles. The van der Waals surface area contributed by atoms with Gasteiger partial charge in [-0.25, -0.2) is 13.8 Å². The Kier molecular flexibility index (Phi) is 3.36. The summed E-state index contributed by atoms with van der Waals surface area (Å²) in [4.78, 5) is 3.00. The van der Waals surface area contributed by atoms with E-state index in [4.69, 9.17) is 11.0 Å². The van der Waals surface area contributed by atoms with Gasteiger partial charge in [0.15, 0.2) is 0 Å². The molecule has 1 aromatic heterocycles. The minimum absolute atomic E-state index is 0.417. The van der Waals surface area contributed by atoms with Gasteiger partial charge in [-0.15, -0.1) is 13.2 Å². The summed E-state index contributed by atoms with van der Waals surface area (Å²) in [5, 5.41) is 8.54. The van der Waals surface area contributed by atoms with E-state index in [1.54, 1.807) is 0 Å². The van der Waals surface area contributed by atoms with Crippen LogP contribution in [-0.4, -0.2) is 11.3 Å². The van der Waals surface area contributed by atoms with Crippen molar-refractivity contribution >= 4 is 5.69 Å². The highest BCUT2D eigenvalue weighted by atomic mass is 19.4. The lowest BCUT2D eigenvalue weighted by Gasteiger charge is -2.12. The molecular formula is C8H4F5N3O. The number of halogens is 5. The van der Waals surface area contributed by atoms with Crippen molar-refractivity contribution in [3.8, 4) is 11.9 Å². The molecule has 1 aromatic rings. The van der Waals surface area contributed by atoms with Gasteiger partial charge in [0, 0.05) is 6.20 Å². The van der Waals surface area contributed by atoms with Crippen LogP contribution in [0.4, 0.5) is 27.6 Å². The van der Waals surface area contributed by atoms with Gasteiger partial charge in [0.05, 0.1) is 11.1 Å². The topological polar surface area (TPSA) is 71.9 Å². The number of rotatable bonds is 2. The first-order chi connectivity index (χ1) is 7.76. The number of nitrogens with two attached hydrogens (primary N) is 1. The Morgan fingerprint density at radius 3 is 2.41 bits per heavy atom. The van der Waals surface area contributed by atoms with Crippen LogP contribution >= 0.6 is 0 Å². The van der Waals surface area contributed by atoms with Crippen LogP contribution in [0.2, 0.25) is 0 Å². The van der Waals surface area contributed by atoms with Gasteiger partial charge in [0.25, 0.3) is 6.43 Å². The Morgan fingerprint density at radius 2 is 2.00 bits per heavy atom. The Balaban J connectivity index is 3.27. The van der Waals surface area contributed by atoms with Crippen molar-refractivity contribution in [2.75, 3.05) is 5.73 Å². The molecule has 0 aliphatic carbocycles. The zero-order valence-electron chi connectivity index (χ0n) is 7.92. The van der Waals surface area contributed by atoms with Crippen LogP contribution in [0.3, 0.4) is 0 Å². The first-order valence-electron chi connectivity index (χ1n) is 3.98. The zero-order chi connectivity index (χ0) is 13.2. The van der Waals surface area contributed by atoms with E-state index in [1.165, 1.54) is 6.07 Å². The molecule has 0 aliphatic heterocycles. The molecule has 0 amide bonds. The van der Waals surface area contributed by atoms with Crippen LogP contribution < -0.4 is 10.5 Å². The van der Waals surface area contributed by atoms with Crippen molar-refractivity contribution in [1.82, 2.24) is 4.98 Å². The van der Waals surface area contributed by atoms with Gasteiger partial charge in [-0.05, 0) is 0 Å². The summed E-state index contributed by atoms with van der Waals surface area (Å²) in [6.07, 6.45) is -7.72. The number of pyridine rings is 1. The number of hydrogen-bond acceptors (Lipinski definition) is 4. The van der Waals surface area contributed by atoms with Gasteiger partial charge in [-0.3, -0.25) is 0 Å². The fourth-order valence-electron chi connectivity index (χ4n) is 1.01. The fourth-order valence-corrected chi connectivity index (χ4v) is 1.01. The Hall–Kier alpha value is -2.11. The number of alkyl halides is 5. The molecule has 0 fully saturated rings. The highest BCUT2D eigenvalue weighted by Gasteiger charge is 2.34. The number of nitrogen functional groups attached to an aromatic ring is 1. The summed E-state index contributed by atoms with van der Waals surface area (Å²) < 4.78 is 63.7. The Labute approximate surface area is 91.4 Å². The Bertz CT molecular complexity index is 465. The van der Waals surface area contributed by atoms with Gasteiger partial charge in [-0.1, -0.05) is 0 Å². The van der Waals surface area contributed by atoms with E-state index >= 15 is 0 Å². The first-order valence-corrected chi connectivity index (χ1v) is 3.98. The standard InChI is InChI=1S/C8H4F5N3O/c9-6(10)4-2-16-7(17-8(11,12)13)5(15)3(4)1-14/h2,6H,15H2. The summed E-state index contributed by atoms with van der Waals surface area (Å²) >= 11 is 0. The molecule has 92 valence electrons. The number of nitriles is 1. The summed E-state index contributed by atoms with van der Waals surface area (Å²) in [6.45, 7) is 0. The van der Waals surface area contributed by atoms with E-state index in [2.05, 4.69) is 9.72 Å². The maximum Gasteiger partial charge on any atom is 0.574 e. The highest BCUT2D eigenvalue weighted by Crippen LogP contribution is 2.33. The number of nitrogens with zero attached hydrogens (tertiary/aromatic N) is 2. The van der Waals surface area contributed by atoms with Crippen molar-refractivity contribution in [3.63, 3.8) is 0 Å². The molecule has 4 nitrogen and oxygen atoms in total. The maximum atomic E-state index is 12.4. The summed E-state index contributed by atoms with van der Waals surface area (Å²) in [6, 6.07) is 1.28. The molecule has 0 bridgehead atoms. The molecular weight excluding hydrogens is 249 g/mol. The van der Waals surface area contributed by atoms with E-state index in [0.29, 0.717) is 6.20 Å². The van der Waals surface area contributed by atoms with E-state index in [0.717, 1.165) is 0 Å². The van der Waals surface area contributed by atoms with Gasteiger partial charge in [0.2, 0.25) is 5.88 Å². The van der Waals surface area contributed by atoms with Crippen molar-refractivity contribution in [2.45, 2.75) is 12.8 Å². The van der Waals surface area contributed by atoms with E-state index in [-0.39, 0.29) is 0 Å². The minimum Gasteiger partial charge on any atom is -0.393 e. The molecule has 9 heteroatoms. The smallest absolute Gasteiger partial charge is 0.393 e. The van der Waals surface area contributed by atoms with Crippen LogP contribution in [0.1, 0.15) is 17.6 Å². The Morgan fingerprint density at radius 1 is 1.41 bits per heavy atom. The molecule has 0 aliphatic rings. The van der Waals surface area contributed by atoms with Gasteiger partial charge in [0.1, 0.15) is 11.8 Å². The number of ether oxygens (including phenoxy) is 1. The van der Waals surface area contributed by atoms with Crippen LogP contribution in [0.5, 0.6) is 5.88 Å². The first kappa shape index (κ1) is 13.0. The largest absolute Gasteiger partial charge is 0.574 e. The van der Waals surface area contributed by atoms with Crippen molar-refractivity contribution < 1.29 is 26.7 Å². The van der Waals surface area contributed by atoms with Crippen LogP contribution in [0.15, 0.2) is 6.20 Å². The number of aromatic nitrogens is 1. The van der Waals surface area contributed by atoms with Crippen molar-refractivity contribution in [1.29, 1.82) is 5.26 Å². The molecule has 0 radical (unpaired) electrons. The molecule has 0 saturated heterocycles. The summed E-state index contributed by atoms with van der Waals surface area (Å²) in [5.74, 6) is -1.13. The van der Waals surface area contributed by atoms with Crippen LogP contribution in [0.25, 0.3) is 0 Å². The molecule has 0 saturated carbocycles. The lowest BCUT2D eigenvalue weighted by atomic mass is 10.1. The van der Waals surface area contributed by atoms with Gasteiger partial charge in [-0.2, -0.15) is 5.26 Å². The lowest BCUT2D eigenvalue weighted by molar-refractivity contribution is -0.275. The summed E-state index contributed by atoms with van der Waals surface area (Å²) in [7, 11) is 0. The monoisotopic (exact) mass is 253 g/mol. The minimum atomic E-state index is -5.07. The van der Waals surface area contributed by atoms with Crippen LogP contribution in [0, 0.1) is 11.3 Å².